The summed E-state index contributed by atoms with van der Waals surface area (Å²) in [7, 11) is 4.07. The summed E-state index contributed by atoms with van der Waals surface area (Å²) in [6.45, 7) is 7.95. The summed E-state index contributed by atoms with van der Waals surface area (Å²) in [5.41, 5.74) is 0. The Morgan fingerprint density at radius 2 is 1.91 bits per heavy atom. The molecule has 0 spiro atoms. The van der Waals surface area contributed by atoms with E-state index in [4.69, 9.17) is 0 Å². The first-order valence-electron chi connectivity index (χ1n) is 9.12. The summed E-state index contributed by atoms with van der Waals surface area (Å²) < 4.78 is 0. The van der Waals surface area contributed by atoms with E-state index in [2.05, 4.69) is 39.4 Å². The Morgan fingerprint density at radius 3 is 2.50 bits per heavy atom. The Hall–Kier alpha value is -0.810. The Bertz CT molecular complexity index is 332. The lowest BCUT2D eigenvalue weighted by Crippen LogP contribution is -2.49. The fraction of sp³-hybridized carbons (Fsp3) is 0.941. The van der Waals surface area contributed by atoms with E-state index in [-0.39, 0.29) is 0 Å². The summed E-state index contributed by atoms with van der Waals surface area (Å²) in [6, 6.07) is 1.50. The third-order valence-electron chi connectivity index (χ3n) is 4.84. The second-order valence-electron chi connectivity index (χ2n) is 6.84. The molecule has 0 aromatic carbocycles. The lowest BCUT2D eigenvalue weighted by molar-refractivity contribution is 0.197. The van der Waals surface area contributed by atoms with Crippen LogP contribution in [0.15, 0.2) is 4.99 Å². The second-order valence-corrected chi connectivity index (χ2v) is 6.84. The summed E-state index contributed by atoms with van der Waals surface area (Å²) in [4.78, 5) is 9.42. The van der Waals surface area contributed by atoms with Crippen molar-refractivity contribution in [1.29, 1.82) is 0 Å². The first-order valence-corrected chi connectivity index (χ1v) is 9.12. The van der Waals surface area contributed by atoms with Gasteiger partial charge in [0.15, 0.2) is 5.96 Å². The Labute approximate surface area is 136 Å². The number of nitrogens with one attached hydrogen (secondary N) is 2. The topological polar surface area (TPSA) is 42.9 Å². The molecule has 22 heavy (non-hydrogen) atoms. The number of unbranched alkanes of at least 4 members (excludes halogenated alkanes) is 1. The zero-order valence-corrected chi connectivity index (χ0v) is 14.8. The van der Waals surface area contributed by atoms with Gasteiger partial charge in [0.2, 0.25) is 0 Å². The number of likely N-dealkylation sites (N-methyl/N-ethyl adjacent to an activating group) is 1. The molecule has 0 radical (unpaired) electrons. The monoisotopic (exact) mass is 309 g/mol. The fourth-order valence-corrected chi connectivity index (χ4v) is 3.14. The molecular formula is C17H35N5. The second kappa shape index (κ2) is 9.36. The molecule has 5 nitrogen and oxygen atoms in total. The predicted molar refractivity (Wildman–Crippen MR) is 94.5 cm³/mol. The maximum atomic E-state index is 4.37. The molecule has 128 valence electrons. The molecule has 0 bridgehead atoms. The van der Waals surface area contributed by atoms with E-state index in [1.807, 2.05) is 7.05 Å². The number of guanidine groups is 1. The van der Waals surface area contributed by atoms with Crippen LogP contribution >= 0.6 is 0 Å². The molecule has 1 saturated carbocycles. The lowest BCUT2D eigenvalue weighted by atomic mass is 10.1. The van der Waals surface area contributed by atoms with Crippen LogP contribution < -0.4 is 10.6 Å². The summed E-state index contributed by atoms with van der Waals surface area (Å²) in [5, 5.41) is 7.05. The van der Waals surface area contributed by atoms with E-state index in [0.29, 0.717) is 6.04 Å². The van der Waals surface area contributed by atoms with Crippen molar-refractivity contribution in [3.8, 4) is 0 Å². The quantitative estimate of drug-likeness (QED) is 0.527. The summed E-state index contributed by atoms with van der Waals surface area (Å²) in [5.74, 6) is 0.966. The third-order valence-corrected chi connectivity index (χ3v) is 4.84. The van der Waals surface area contributed by atoms with Crippen LogP contribution in [0.25, 0.3) is 0 Å². The SMILES string of the molecule is CCCCN(C)CCNC(=NC)NC1CCN(C2CC2)CC1. The zero-order chi connectivity index (χ0) is 15.8. The van der Waals surface area contributed by atoms with Gasteiger partial charge in [-0.1, -0.05) is 13.3 Å². The van der Waals surface area contributed by atoms with Crippen LogP contribution in [-0.2, 0) is 0 Å². The molecule has 0 amide bonds. The maximum Gasteiger partial charge on any atom is 0.191 e. The van der Waals surface area contributed by atoms with Crippen LogP contribution in [0.3, 0.4) is 0 Å². The van der Waals surface area contributed by atoms with Crippen LogP contribution in [-0.4, -0.2) is 74.7 Å². The number of nitrogens with zero attached hydrogens (tertiary/aromatic N) is 3. The molecule has 1 aliphatic heterocycles. The Kier molecular flexibility index (Phi) is 7.46. The average molecular weight is 310 g/mol. The first-order chi connectivity index (χ1) is 10.7. The highest BCUT2D eigenvalue weighted by atomic mass is 15.2. The summed E-state index contributed by atoms with van der Waals surface area (Å²) >= 11 is 0. The van der Waals surface area contributed by atoms with Gasteiger partial charge < -0.3 is 20.4 Å². The van der Waals surface area contributed by atoms with E-state index in [9.17, 15) is 0 Å². The summed E-state index contributed by atoms with van der Waals surface area (Å²) in [6.07, 6.45) is 7.88. The number of hydrogen-bond acceptors (Lipinski definition) is 3. The minimum Gasteiger partial charge on any atom is -0.355 e. The van der Waals surface area contributed by atoms with Crippen LogP contribution in [0, 0.1) is 0 Å². The molecule has 1 aliphatic carbocycles. The number of piperidine rings is 1. The third kappa shape index (κ3) is 6.13. The highest BCUT2D eigenvalue weighted by molar-refractivity contribution is 5.79. The van der Waals surface area contributed by atoms with Crippen molar-refractivity contribution in [3.05, 3.63) is 0 Å². The standard InChI is InChI=1S/C17H35N5/c1-4-5-11-21(3)14-10-19-17(18-2)20-15-8-12-22(13-9-15)16-6-7-16/h15-16H,4-14H2,1-3H3,(H2,18,19,20). The molecule has 1 saturated heterocycles. The van der Waals surface area contributed by atoms with Crippen LogP contribution in [0.2, 0.25) is 0 Å². The molecule has 5 heteroatoms. The molecule has 0 atom stereocenters. The number of likely N-dealkylation sites (tertiary alicyclic amines) is 1. The van der Waals surface area contributed by atoms with Crippen molar-refractivity contribution in [1.82, 2.24) is 20.4 Å². The van der Waals surface area contributed by atoms with Gasteiger partial charge in [0, 0.05) is 45.3 Å². The van der Waals surface area contributed by atoms with E-state index in [1.165, 1.54) is 58.2 Å². The smallest absolute Gasteiger partial charge is 0.191 e. The molecule has 2 aliphatic rings. The van der Waals surface area contributed by atoms with E-state index in [1.54, 1.807) is 0 Å². The largest absolute Gasteiger partial charge is 0.355 e. The normalized spacial score (nSPS) is 21.4. The van der Waals surface area contributed by atoms with E-state index >= 15 is 0 Å². The average Bonchev–Trinajstić information content (AvgIpc) is 3.37. The number of aliphatic imine (C=N–C) groups is 1. The van der Waals surface area contributed by atoms with Gasteiger partial charge in [-0.25, -0.2) is 0 Å². The Morgan fingerprint density at radius 1 is 1.18 bits per heavy atom. The minimum absolute atomic E-state index is 0.582. The van der Waals surface area contributed by atoms with E-state index in [0.717, 1.165) is 25.1 Å². The molecule has 2 rings (SSSR count). The van der Waals surface area contributed by atoms with Gasteiger partial charge in [-0.05, 0) is 45.7 Å². The molecule has 0 unspecified atom stereocenters. The van der Waals surface area contributed by atoms with Gasteiger partial charge in [-0.2, -0.15) is 0 Å². The van der Waals surface area contributed by atoms with Crippen molar-refractivity contribution >= 4 is 5.96 Å². The van der Waals surface area contributed by atoms with Gasteiger partial charge >= 0.3 is 0 Å². The van der Waals surface area contributed by atoms with Crippen LogP contribution in [0.1, 0.15) is 45.4 Å². The van der Waals surface area contributed by atoms with Gasteiger partial charge in [0.05, 0.1) is 0 Å². The first kappa shape index (κ1) is 17.5. The van der Waals surface area contributed by atoms with Crippen LogP contribution in [0.4, 0.5) is 0 Å². The van der Waals surface area contributed by atoms with Gasteiger partial charge in [0.25, 0.3) is 0 Å². The number of hydrogen-bond donors (Lipinski definition) is 2. The zero-order valence-electron chi connectivity index (χ0n) is 14.8. The van der Waals surface area contributed by atoms with Crippen molar-refractivity contribution in [2.24, 2.45) is 4.99 Å². The lowest BCUT2D eigenvalue weighted by Gasteiger charge is -2.33. The maximum absolute atomic E-state index is 4.37. The minimum atomic E-state index is 0.582. The van der Waals surface area contributed by atoms with Crippen molar-refractivity contribution in [2.75, 3.05) is 46.8 Å². The predicted octanol–water partition coefficient (Wildman–Crippen LogP) is 1.51. The molecule has 2 fully saturated rings. The van der Waals surface area contributed by atoms with Crippen molar-refractivity contribution < 1.29 is 0 Å². The van der Waals surface area contributed by atoms with E-state index < -0.39 is 0 Å². The fourth-order valence-electron chi connectivity index (χ4n) is 3.14. The van der Waals surface area contributed by atoms with Crippen molar-refractivity contribution in [3.63, 3.8) is 0 Å². The number of rotatable bonds is 8. The molecule has 1 heterocycles. The molecule has 2 N–H and O–H groups in total. The highest BCUT2D eigenvalue weighted by Gasteiger charge is 2.31. The van der Waals surface area contributed by atoms with Crippen molar-refractivity contribution in [2.45, 2.75) is 57.5 Å². The molecule has 0 aromatic heterocycles. The molecular weight excluding hydrogens is 274 g/mol. The van der Waals surface area contributed by atoms with Gasteiger partial charge in [-0.15, -0.1) is 0 Å². The highest BCUT2D eigenvalue weighted by Crippen LogP contribution is 2.29. The molecule has 0 aromatic rings. The van der Waals surface area contributed by atoms with Gasteiger partial charge in [-0.3, -0.25) is 4.99 Å². The Balaban J connectivity index is 1.58. The van der Waals surface area contributed by atoms with Gasteiger partial charge in [0.1, 0.15) is 0 Å². The van der Waals surface area contributed by atoms with Crippen LogP contribution in [0.5, 0.6) is 0 Å².